The molecule has 0 aliphatic carbocycles. The van der Waals surface area contributed by atoms with Crippen molar-refractivity contribution in [3.63, 3.8) is 0 Å². The maximum Gasteiger partial charge on any atom is 0.195 e. The van der Waals surface area contributed by atoms with Crippen LogP contribution in [0.5, 0.6) is 0 Å². The zero-order chi connectivity index (χ0) is 34.5. The Morgan fingerprint density at radius 2 is 0.769 bits per heavy atom. The normalized spacial score (nSPS) is 12.0. The van der Waals surface area contributed by atoms with Gasteiger partial charge in [-0.1, -0.05) is 48.5 Å². The van der Waals surface area contributed by atoms with Crippen LogP contribution in [0.4, 0.5) is 0 Å². The van der Waals surface area contributed by atoms with Gasteiger partial charge in [-0.25, -0.2) is 0 Å². The Morgan fingerprint density at radius 3 is 1.25 bits per heavy atom. The molecule has 0 amide bonds. The Balaban J connectivity index is 1.22. The quantitative estimate of drug-likeness (QED) is 0.168. The van der Waals surface area contributed by atoms with Crippen LogP contribution >= 0.6 is 22.7 Å². The molecule has 0 N–H and O–H groups in total. The zero-order valence-electron chi connectivity index (χ0n) is 27.2. The van der Waals surface area contributed by atoms with Gasteiger partial charge in [0, 0.05) is 63.9 Å². The van der Waals surface area contributed by atoms with Crippen molar-refractivity contribution < 1.29 is 8.83 Å². The maximum atomic E-state index is 13.5. The van der Waals surface area contributed by atoms with Crippen molar-refractivity contribution in [1.82, 2.24) is 9.13 Å². The number of fused-ring (bicyclic) bond motifs is 8. The molecule has 8 heteroatoms. The van der Waals surface area contributed by atoms with Crippen LogP contribution in [-0.2, 0) is 0 Å². The summed E-state index contributed by atoms with van der Waals surface area (Å²) in [6, 6.07) is 47.6. The van der Waals surface area contributed by atoms with Crippen molar-refractivity contribution in [2.24, 2.45) is 0 Å². The zero-order valence-corrected chi connectivity index (χ0v) is 28.8. The third kappa shape index (κ3) is 4.28. The molecule has 11 aromatic rings. The highest BCUT2D eigenvalue weighted by Gasteiger charge is 2.18. The lowest BCUT2D eigenvalue weighted by Gasteiger charge is -2.19. The maximum absolute atomic E-state index is 13.5. The number of nitrogens with zero attached hydrogens (tertiary/aromatic N) is 2. The number of benzene rings is 7. The number of aromatic nitrogens is 2. The molecule has 4 heterocycles. The third-order valence-corrected chi connectivity index (χ3v) is 12.1. The van der Waals surface area contributed by atoms with Gasteiger partial charge in [0.1, 0.15) is 0 Å². The van der Waals surface area contributed by atoms with Gasteiger partial charge in [-0.05, 0) is 84.9 Å². The first-order valence-electron chi connectivity index (χ1n) is 16.8. The molecule has 0 fully saturated rings. The van der Waals surface area contributed by atoms with Crippen LogP contribution in [0.1, 0.15) is 0 Å². The van der Waals surface area contributed by atoms with Crippen molar-refractivity contribution in [3.8, 4) is 11.4 Å². The first-order valence-corrected chi connectivity index (χ1v) is 18.5. The molecule has 6 nitrogen and oxygen atoms in total. The van der Waals surface area contributed by atoms with Crippen molar-refractivity contribution in [2.75, 3.05) is 0 Å². The van der Waals surface area contributed by atoms with Gasteiger partial charge in [0.05, 0.1) is 22.1 Å². The van der Waals surface area contributed by atoms with Crippen LogP contribution in [0.3, 0.4) is 0 Å². The van der Waals surface area contributed by atoms with Crippen LogP contribution < -0.4 is 10.9 Å². The summed E-state index contributed by atoms with van der Waals surface area (Å²) in [5, 5.41) is 2.86. The summed E-state index contributed by atoms with van der Waals surface area (Å²) in [5.41, 5.74) is 8.02. The topological polar surface area (TPSA) is 70.3 Å². The Morgan fingerprint density at radius 1 is 0.365 bits per heavy atom. The van der Waals surface area contributed by atoms with Gasteiger partial charge >= 0.3 is 0 Å². The van der Waals surface area contributed by atoms with Crippen molar-refractivity contribution >= 4 is 107 Å². The lowest BCUT2D eigenvalue weighted by atomic mass is 10.1. The SMILES string of the molecule is O=c1c2ccccc2sc2cc(-n3c4ccccc4oc4cc5c(cc43)oc3ccccc3n5-c3ccc4c(=O)c5ccccc5sc4c3)ccc12. The van der Waals surface area contributed by atoms with Crippen LogP contribution in [0, 0.1) is 0 Å². The predicted molar refractivity (Wildman–Crippen MR) is 216 cm³/mol. The van der Waals surface area contributed by atoms with Crippen molar-refractivity contribution in [3.05, 3.63) is 166 Å². The number of hydrogen-bond acceptors (Lipinski definition) is 6. The molecule has 0 saturated heterocycles. The number of rotatable bonds is 2. The third-order valence-electron chi connectivity index (χ3n) is 9.81. The van der Waals surface area contributed by atoms with Crippen LogP contribution in [0.25, 0.3) is 96.1 Å². The largest absolute Gasteiger partial charge is 0.453 e. The monoisotopic (exact) mass is 708 g/mol. The Kier molecular flexibility index (Phi) is 6.20. The summed E-state index contributed by atoms with van der Waals surface area (Å²) in [6.07, 6.45) is 0. The van der Waals surface area contributed by atoms with E-state index in [2.05, 4.69) is 21.3 Å². The molecular weight excluding hydrogens is 685 g/mol. The molecule has 0 bridgehead atoms. The van der Waals surface area contributed by atoms with Crippen LogP contribution in [-0.4, -0.2) is 9.13 Å². The highest BCUT2D eigenvalue weighted by molar-refractivity contribution is 7.25. The fraction of sp³-hybridized carbons (Fsp3) is 0. The lowest BCUT2D eigenvalue weighted by molar-refractivity contribution is 0.644. The first-order chi connectivity index (χ1) is 25.6. The summed E-state index contributed by atoms with van der Waals surface area (Å²) in [5.74, 6) is 0. The van der Waals surface area contributed by atoms with E-state index in [0.717, 1.165) is 63.0 Å². The van der Waals surface area contributed by atoms with Gasteiger partial charge in [-0.15, -0.1) is 22.7 Å². The summed E-state index contributed by atoms with van der Waals surface area (Å²) in [7, 11) is 0. The molecule has 0 saturated carbocycles. The predicted octanol–water partition coefficient (Wildman–Crippen LogP) is 11.6. The molecule has 52 heavy (non-hydrogen) atoms. The molecule has 0 aliphatic rings. The van der Waals surface area contributed by atoms with E-state index in [1.54, 1.807) is 22.7 Å². The van der Waals surface area contributed by atoms with Crippen LogP contribution in [0.15, 0.2) is 164 Å². The molecule has 0 spiro atoms. The van der Waals surface area contributed by atoms with E-state index < -0.39 is 0 Å². The van der Waals surface area contributed by atoms with Gasteiger partial charge in [-0.2, -0.15) is 0 Å². The molecular formula is C44H24N2O4S2. The van der Waals surface area contributed by atoms with Crippen molar-refractivity contribution in [2.45, 2.75) is 0 Å². The van der Waals surface area contributed by atoms with Gasteiger partial charge in [0.25, 0.3) is 0 Å². The Bertz CT molecular complexity index is 3250. The standard InChI is InChI=1S/C44H24N2O4S2/c47-43-27-9-1-7-15-39(27)51-41-21-25(17-19-29(41)43)45-31-11-3-5-13-35(31)49-37-24-34-38(23-33(37)45)50-36-14-6-4-12-32(36)46(34)26-18-20-30-42(22-26)52-40-16-8-2-10-28(40)44(30)48/h1-24H. The van der Waals surface area contributed by atoms with E-state index in [4.69, 9.17) is 8.83 Å². The van der Waals surface area contributed by atoms with Gasteiger partial charge in [-0.3, -0.25) is 9.59 Å². The molecule has 4 aromatic heterocycles. The van der Waals surface area contributed by atoms with E-state index in [9.17, 15) is 9.59 Å². The molecule has 0 radical (unpaired) electrons. The molecule has 0 aliphatic heterocycles. The van der Waals surface area contributed by atoms with E-state index in [0.29, 0.717) is 33.1 Å². The second-order valence-electron chi connectivity index (χ2n) is 12.8. The van der Waals surface area contributed by atoms with Crippen molar-refractivity contribution in [1.29, 1.82) is 0 Å². The summed E-state index contributed by atoms with van der Waals surface area (Å²) < 4.78 is 21.4. The minimum absolute atomic E-state index is 0.0362. The smallest absolute Gasteiger partial charge is 0.195 e. The average Bonchev–Trinajstić information content (AvgIpc) is 3.18. The molecule has 11 rings (SSSR count). The molecule has 0 atom stereocenters. The average molecular weight is 709 g/mol. The number of para-hydroxylation sites is 4. The molecule has 7 aromatic carbocycles. The second kappa shape index (κ2) is 11.0. The summed E-state index contributed by atoms with van der Waals surface area (Å²) >= 11 is 3.23. The van der Waals surface area contributed by atoms with E-state index in [-0.39, 0.29) is 10.9 Å². The minimum Gasteiger partial charge on any atom is -0.453 e. The first kappa shape index (κ1) is 29.3. The highest BCUT2D eigenvalue weighted by atomic mass is 32.1. The second-order valence-corrected chi connectivity index (χ2v) is 15.0. The van der Waals surface area contributed by atoms with E-state index >= 15 is 0 Å². The lowest BCUT2D eigenvalue weighted by Crippen LogP contribution is -2.05. The molecule has 0 unspecified atom stereocenters. The van der Waals surface area contributed by atoms with E-state index in [1.165, 1.54) is 0 Å². The Labute approximate surface area is 301 Å². The fourth-order valence-corrected chi connectivity index (χ4v) is 9.63. The fourth-order valence-electron chi connectivity index (χ4n) is 7.42. The van der Waals surface area contributed by atoms with Gasteiger partial charge < -0.3 is 18.0 Å². The van der Waals surface area contributed by atoms with Gasteiger partial charge in [0.2, 0.25) is 0 Å². The minimum atomic E-state index is 0.0362. The van der Waals surface area contributed by atoms with E-state index in [1.807, 2.05) is 133 Å². The highest BCUT2D eigenvalue weighted by Crippen LogP contribution is 2.36. The van der Waals surface area contributed by atoms with Crippen LogP contribution in [0.2, 0.25) is 0 Å². The number of hydrogen-bond donors (Lipinski definition) is 0. The molecule has 246 valence electrons. The summed E-state index contributed by atoms with van der Waals surface area (Å²) in [6.45, 7) is 0. The Hall–Kier alpha value is -6.48. The summed E-state index contributed by atoms with van der Waals surface area (Å²) in [4.78, 5) is 26.9. The van der Waals surface area contributed by atoms with Gasteiger partial charge in [0.15, 0.2) is 33.2 Å².